The van der Waals surface area contributed by atoms with Gasteiger partial charge in [0, 0.05) is 46.0 Å². The average molecular weight is 391 g/mol. The number of fused-ring (bicyclic) bond motifs is 3. The lowest BCUT2D eigenvalue weighted by molar-refractivity contribution is 0.985. The van der Waals surface area contributed by atoms with E-state index >= 15 is 0 Å². The van der Waals surface area contributed by atoms with E-state index in [9.17, 15) is 0 Å². The Balaban J connectivity index is 1.90. The van der Waals surface area contributed by atoms with E-state index in [2.05, 4.69) is 47.2 Å². The molecular formula is C16H13BrClN5. The molecule has 2 aliphatic rings. The summed E-state index contributed by atoms with van der Waals surface area (Å²) in [6.45, 7) is 1.56. The number of halogens is 2. The molecule has 0 saturated heterocycles. The molecule has 0 saturated carbocycles. The molecule has 0 atom stereocenters. The van der Waals surface area contributed by atoms with Crippen LogP contribution in [0.2, 0.25) is 5.02 Å². The third kappa shape index (κ3) is 2.42. The summed E-state index contributed by atoms with van der Waals surface area (Å²) >= 11 is 9.89. The molecule has 0 spiro atoms. The van der Waals surface area contributed by atoms with Gasteiger partial charge in [0.2, 0.25) is 5.95 Å². The molecule has 2 aliphatic heterocycles. The molecule has 23 heavy (non-hydrogen) atoms. The number of nitrogens with zero attached hydrogens (tertiary/aromatic N) is 4. The lowest BCUT2D eigenvalue weighted by atomic mass is 9.98. The number of amidine groups is 1. The molecule has 2 aromatic rings. The van der Waals surface area contributed by atoms with Gasteiger partial charge in [0.1, 0.15) is 11.7 Å². The van der Waals surface area contributed by atoms with E-state index in [0.29, 0.717) is 11.0 Å². The standard InChI is InChI=1S/C16H13BrClN5/c1-19-16-21-8-9-6-12(11-3-2-10(17)7-13(11)18)15-20-4-5-23(15)14(9)22-16/h2-3,6-8H,4-5H2,1H3,(H,19,21,22). The molecule has 0 aliphatic carbocycles. The van der Waals surface area contributed by atoms with Crippen molar-refractivity contribution in [2.24, 2.45) is 4.99 Å². The number of nitrogens with one attached hydrogen (secondary N) is 1. The second-order valence-electron chi connectivity index (χ2n) is 5.26. The fourth-order valence-corrected chi connectivity index (χ4v) is 3.61. The zero-order chi connectivity index (χ0) is 16.0. The summed E-state index contributed by atoms with van der Waals surface area (Å²) in [5.74, 6) is 2.41. The first kappa shape index (κ1) is 14.7. The van der Waals surface area contributed by atoms with Crippen LogP contribution in [0.4, 0.5) is 11.8 Å². The van der Waals surface area contributed by atoms with Gasteiger partial charge in [-0.05, 0) is 18.2 Å². The van der Waals surface area contributed by atoms with Crippen molar-refractivity contribution in [1.29, 1.82) is 0 Å². The van der Waals surface area contributed by atoms with Gasteiger partial charge in [0.05, 0.1) is 6.54 Å². The second-order valence-corrected chi connectivity index (χ2v) is 6.58. The lowest BCUT2D eigenvalue weighted by Gasteiger charge is -2.27. The predicted octanol–water partition coefficient (Wildman–Crippen LogP) is 3.71. The van der Waals surface area contributed by atoms with Crippen molar-refractivity contribution in [2.45, 2.75) is 0 Å². The summed E-state index contributed by atoms with van der Waals surface area (Å²) in [4.78, 5) is 15.7. The fraction of sp³-hybridized carbons (Fsp3) is 0.188. The van der Waals surface area contributed by atoms with Gasteiger partial charge >= 0.3 is 0 Å². The second kappa shape index (κ2) is 5.62. The normalized spacial score (nSPS) is 15.7. The molecule has 1 N–H and O–H groups in total. The number of aliphatic imine (C=N–C) groups is 1. The predicted molar refractivity (Wildman–Crippen MR) is 98.2 cm³/mol. The molecule has 116 valence electrons. The van der Waals surface area contributed by atoms with Crippen molar-refractivity contribution in [1.82, 2.24) is 9.97 Å². The molecule has 0 radical (unpaired) electrons. The first-order valence-electron chi connectivity index (χ1n) is 7.21. The molecule has 1 aromatic heterocycles. The average Bonchev–Trinajstić information content (AvgIpc) is 3.04. The van der Waals surface area contributed by atoms with Gasteiger partial charge in [0.25, 0.3) is 0 Å². The molecule has 7 heteroatoms. The molecule has 0 bridgehead atoms. The van der Waals surface area contributed by atoms with E-state index in [1.165, 1.54) is 0 Å². The first-order chi connectivity index (χ1) is 11.2. The highest BCUT2D eigenvalue weighted by molar-refractivity contribution is 9.10. The maximum Gasteiger partial charge on any atom is 0.224 e. The molecule has 4 rings (SSSR count). The molecule has 3 heterocycles. The van der Waals surface area contributed by atoms with Crippen molar-refractivity contribution in [3.63, 3.8) is 0 Å². The Labute approximate surface area is 147 Å². The van der Waals surface area contributed by atoms with Crippen LogP contribution in [0.25, 0.3) is 11.6 Å². The number of hydrogen-bond donors (Lipinski definition) is 1. The quantitative estimate of drug-likeness (QED) is 0.849. The maximum absolute atomic E-state index is 6.44. The van der Waals surface area contributed by atoms with Gasteiger partial charge in [-0.2, -0.15) is 4.98 Å². The minimum absolute atomic E-state index is 0.605. The summed E-state index contributed by atoms with van der Waals surface area (Å²) in [6.07, 6.45) is 3.89. The Morgan fingerprint density at radius 1 is 1.35 bits per heavy atom. The Kier molecular flexibility index (Phi) is 3.58. The zero-order valence-electron chi connectivity index (χ0n) is 12.3. The monoisotopic (exact) mass is 389 g/mol. The zero-order valence-corrected chi connectivity index (χ0v) is 14.7. The summed E-state index contributed by atoms with van der Waals surface area (Å²) in [5.41, 5.74) is 2.94. The number of benzene rings is 1. The van der Waals surface area contributed by atoms with Crippen LogP contribution in [0.5, 0.6) is 0 Å². The van der Waals surface area contributed by atoms with E-state index in [1.807, 2.05) is 31.4 Å². The van der Waals surface area contributed by atoms with Crippen molar-refractivity contribution < 1.29 is 0 Å². The van der Waals surface area contributed by atoms with Crippen LogP contribution in [0.1, 0.15) is 11.1 Å². The van der Waals surface area contributed by atoms with E-state index in [0.717, 1.165) is 45.9 Å². The summed E-state index contributed by atoms with van der Waals surface area (Å²) in [5, 5.41) is 3.67. The highest BCUT2D eigenvalue weighted by atomic mass is 79.9. The molecule has 1 aromatic carbocycles. The van der Waals surface area contributed by atoms with Gasteiger partial charge < -0.3 is 10.2 Å². The highest BCUT2D eigenvalue weighted by Gasteiger charge is 2.31. The molecular weight excluding hydrogens is 378 g/mol. The van der Waals surface area contributed by atoms with Crippen molar-refractivity contribution in [2.75, 3.05) is 30.4 Å². The largest absolute Gasteiger partial charge is 0.357 e. The molecule has 0 fully saturated rings. The number of hydrogen-bond acceptors (Lipinski definition) is 5. The molecule has 5 nitrogen and oxygen atoms in total. The third-order valence-corrected chi connectivity index (χ3v) is 4.68. The molecule has 0 unspecified atom stereocenters. The van der Waals surface area contributed by atoms with Crippen LogP contribution in [0.15, 0.2) is 33.9 Å². The van der Waals surface area contributed by atoms with Crippen LogP contribution < -0.4 is 10.2 Å². The van der Waals surface area contributed by atoms with E-state index < -0.39 is 0 Å². The number of rotatable bonds is 2. The lowest BCUT2D eigenvalue weighted by Crippen LogP contribution is -2.32. The smallest absolute Gasteiger partial charge is 0.224 e. The van der Waals surface area contributed by atoms with Gasteiger partial charge in [-0.3, -0.25) is 4.99 Å². The van der Waals surface area contributed by atoms with E-state index in [-0.39, 0.29) is 0 Å². The van der Waals surface area contributed by atoms with Crippen LogP contribution in [0.3, 0.4) is 0 Å². The van der Waals surface area contributed by atoms with Crippen molar-refractivity contribution >= 4 is 56.8 Å². The summed E-state index contributed by atoms with van der Waals surface area (Å²) in [6, 6.07) is 5.89. The Hall–Kier alpha value is -1.92. The third-order valence-electron chi connectivity index (χ3n) is 3.88. The minimum Gasteiger partial charge on any atom is -0.357 e. The number of anilines is 2. The van der Waals surface area contributed by atoms with Crippen molar-refractivity contribution in [3.8, 4) is 0 Å². The fourth-order valence-electron chi connectivity index (χ4n) is 2.83. The highest BCUT2D eigenvalue weighted by Crippen LogP contribution is 2.37. The number of aromatic nitrogens is 2. The van der Waals surface area contributed by atoms with Crippen LogP contribution in [0, 0.1) is 0 Å². The Bertz CT molecular complexity index is 862. The van der Waals surface area contributed by atoms with Gasteiger partial charge in [-0.1, -0.05) is 33.6 Å². The first-order valence-corrected chi connectivity index (χ1v) is 8.39. The maximum atomic E-state index is 6.44. The van der Waals surface area contributed by atoms with Gasteiger partial charge in [-0.25, -0.2) is 4.98 Å². The summed E-state index contributed by atoms with van der Waals surface area (Å²) in [7, 11) is 1.81. The van der Waals surface area contributed by atoms with Gasteiger partial charge in [-0.15, -0.1) is 0 Å². The Morgan fingerprint density at radius 2 is 2.22 bits per heavy atom. The van der Waals surface area contributed by atoms with Crippen LogP contribution in [-0.4, -0.2) is 35.9 Å². The minimum atomic E-state index is 0.605. The Morgan fingerprint density at radius 3 is 3.00 bits per heavy atom. The van der Waals surface area contributed by atoms with E-state index in [1.54, 1.807) is 0 Å². The van der Waals surface area contributed by atoms with Crippen LogP contribution in [-0.2, 0) is 0 Å². The van der Waals surface area contributed by atoms with E-state index in [4.69, 9.17) is 11.6 Å². The van der Waals surface area contributed by atoms with Crippen LogP contribution >= 0.6 is 27.5 Å². The SMILES string of the molecule is CNc1ncc2c(n1)N1CCN=C1C(c1ccc(Br)cc1Cl)=C2. The molecule has 0 amide bonds. The summed E-state index contributed by atoms with van der Waals surface area (Å²) < 4.78 is 0.954. The topological polar surface area (TPSA) is 53.4 Å². The van der Waals surface area contributed by atoms with Gasteiger partial charge in [0.15, 0.2) is 0 Å². The van der Waals surface area contributed by atoms with Crippen molar-refractivity contribution in [3.05, 3.63) is 45.0 Å².